The van der Waals surface area contributed by atoms with Gasteiger partial charge in [0.25, 0.3) is 5.91 Å². The topological polar surface area (TPSA) is 84.9 Å². The van der Waals surface area contributed by atoms with Crippen LogP contribution in [0.2, 0.25) is 0 Å². The normalized spacial score (nSPS) is 14.6. The van der Waals surface area contributed by atoms with E-state index in [0.29, 0.717) is 49.0 Å². The van der Waals surface area contributed by atoms with Crippen molar-refractivity contribution in [1.82, 2.24) is 10.2 Å². The van der Waals surface area contributed by atoms with Gasteiger partial charge >= 0.3 is 0 Å². The van der Waals surface area contributed by atoms with Crippen molar-refractivity contribution in [1.29, 1.82) is 0 Å². The lowest BCUT2D eigenvalue weighted by Crippen LogP contribution is -2.41. The third-order valence-electron chi connectivity index (χ3n) is 4.86. The number of likely N-dealkylation sites (tertiary alicyclic amines) is 1. The number of carbonyl (C=O) groups excluding carboxylic acids is 3. The van der Waals surface area contributed by atoms with Gasteiger partial charge in [-0.3, -0.25) is 9.59 Å². The van der Waals surface area contributed by atoms with Crippen molar-refractivity contribution in [3.05, 3.63) is 23.8 Å². The number of ketones is 1. The van der Waals surface area contributed by atoms with E-state index < -0.39 is 0 Å². The second-order valence-electron chi connectivity index (χ2n) is 6.81. The van der Waals surface area contributed by atoms with Crippen molar-refractivity contribution in [2.75, 3.05) is 33.9 Å². The van der Waals surface area contributed by atoms with Crippen LogP contribution in [0, 0.1) is 5.92 Å². The fourth-order valence-corrected chi connectivity index (χ4v) is 3.14. The first-order valence-electron chi connectivity index (χ1n) is 9.22. The van der Waals surface area contributed by atoms with Gasteiger partial charge in [-0.15, -0.1) is 0 Å². The van der Waals surface area contributed by atoms with E-state index in [1.54, 1.807) is 25.3 Å². The Morgan fingerprint density at radius 1 is 1.07 bits per heavy atom. The largest absolute Gasteiger partial charge is 0.493 e. The van der Waals surface area contributed by atoms with E-state index in [1.807, 2.05) is 4.90 Å². The van der Waals surface area contributed by atoms with Crippen LogP contribution in [0.5, 0.6) is 11.5 Å². The minimum atomic E-state index is -0.157. The third-order valence-corrected chi connectivity index (χ3v) is 4.86. The molecular formula is C20H28N2O5. The van der Waals surface area contributed by atoms with Crippen molar-refractivity contribution in [3.8, 4) is 11.5 Å². The molecule has 0 radical (unpaired) electrons. The predicted octanol–water partition coefficient (Wildman–Crippen LogP) is 2.04. The van der Waals surface area contributed by atoms with Gasteiger partial charge in [0.1, 0.15) is 5.78 Å². The Hall–Kier alpha value is -2.57. The van der Waals surface area contributed by atoms with Crippen LogP contribution in [0.3, 0.4) is 0 Å². The molecule has 1 aliphatic heterocycles. The second-order valence-corrected chi connectivity index (χ2v) is 6.81. The third kappa shape index (κ3) is 5.98. The molecule has 1 aliphatic rings. The minimum absolute atomic E-state index is 0.0381. The number of methoxy groups -OCH3 is 2. The van der Waals surface area contributed by atoms with Gasteiger partial charge in [0.15, 0.2) is 11.5 Å². The van der Waals surface area contributed by atoms with Gasteiger partial charge in [0, 0.05) is 38.0 Å². The molecule has 148 valence electrons. The second kappa shape index (κ2) is 9.94. The average Bonchev–Trinajstić information content (AvgIpc) is 2.69. The molecule has 1 heterocycles. The zero-order valence-corrected chi connectivity index (χ0v) is 16.2. The molecule has 1 aromatic carbocycles. The van der Waals surface area contributed by atoms with Crippen molar-refractivity contribution < 1.29 is 23.9 Å². The first-order valence-corrected chi connectivity index (χ1v) is 9.22. The molecule has 0 saturated carbocycles. The van der Waals surface area contributed by atoms with Gasteiger partial charge in [-0.2, -0.15) is 0 Å². The first-order chi connectivity index (χ1) is 12.9. The van der Waals surface area contributed by atoms with Crippen molar-refractivity contribution in [2.24, 2.45) is 5.92 Å². The zero-order valence-electron chi connectivity index (χ0n) is 16.2. The van der Waals surface area contributed by atoms with E-state index in [9.17, 15) is 14.4 Å². The number of nitrogens with one attached hydrogen (secondary N) is 1. The highest BCUT2D eigenvalue weighted by Crippen LogP contribution is 2.27. The number of hydrogen-bond donors (Lipinski definition) is 1. The molecule has 7 nitrogen and oxygen atoms in total. The summed E-state index contributed by atoms with van der Waals surface area (Å²) < 4.78 is 10.4. The molecule has 2 rings (SSSR count). The quantitative estimate of drug-likeness (QED) is 0.750. The van der Waals surface area contributed by atoms with Crippen LogP contribution in [-0.4, -0.2) is 56.4 Å². The van der Waals surface area contributed by atoms with Crippen LogP contribution in [0.1, 0.15) is 43.0 Å². The molecule has 0 unspecified atom stereocenters. The van der Waals surface area contributed by atoms with E-state index in [0.717, 1.165) is 12.8 Å². The molecule has 2 amide bonds. The minimum Gasteiger partial charge on any atom is -0.493 e. The Bertz CT molecular complexity index is 681. The van der Waals surface area contributed by atoms with Crippen molar-refractivity contribution in [2.45, 2.75) is 32.6 Å². The van der Waals surface area contributed by atoms with Gasteiger partial charge in [-0.1, -0.05) is 0 Å². The van der Waals surface area contributed by atoms with Crippen molar-refractivity contribution in [3.63, 3.8) is 0 Å². The monoisotopic (exact) mass is 376 g/mol. The summed E-state index contributed by atoms with van der Waals surface area (Å²) in [5, 5.41) is 2.96. The summed E-state index contributed by atoms with van der Waals surface area (Å²) >= 11 is 0. The molecule has 27 heavy (non-hydrogen) atoms. The maximum atomic E-state index is 12.4. The molecule has 0 aromatic heterocycles. The van der Waals surface area contributed by atoms with Crippen LogP contribution >= 0.6 is 0 Å². The molecule has 0 aliphatic carbocycles. The zero-order chi connectivity index (χ0) is 19.8. The number of nitrogens with zero attached hydrogens (tertiary/aromatic N) is 1. The Balaban J connectivity index is 1.78. The van der Waals surface area contributed by atoms with Gasteiger partial charge in [0.05, 0.1) is 14.2 Å². The number of piperidine rings is 1. The van der Waals surface area contributed by atoms with E-state index in [2.05, 4.69) is 5.32 Å². The molecule has 1 saturated heterocycles. The lowest BCUT2D eigenvalue weighted by atomic mass is 9.96. The summed E-state index contributed by atoms with van der Waals surface area (Å²) in [6.07, 6.45) is 2.28. The number of Topliss-reactive ketones (excluding diaryl/α,β-unsaturated/α-hetero) is 1. The fourth-order valence-electron chi connectivity index (χ4n) is 3.14. The maximum Gasteiger partial charge on any atom is 0.251 e. The fraction of sp³-hybridized carbons (Fsp3) is 0.550. The average molecular weight is 376 g/mol. The Morgan fingerprint density at radius 3 is 2.33 bits per heavy atom. The number of rotatable bonds is 8. The standard InChI is InChI=1S/C20H28N2O5/c1-14(23)4-7-19(24)22-10-8-15(9-11-22)13-21-20(25)16-5-6-17(26-2)18(12-16)27-3/h5-6,12,15H,4,7-11,13H2,1-3H3,(H,21,25). The summed E-state index contributed by atoms with van der Waals surface area (Å²) in [5.74, 6) is 1.36. The SMILES string of the molecule is COc1ccc(C(=O)NCC2CCN(C(=O)CCC(C)=O)CC2)cc1OC. The van der Waals surface area contributed by atoms with E-state index in [1.165, 1.54) is 14.0 Å². The lowest BCUT2D eigenvalue weighted by Gasteiger charge is -2.32. The summed E-state index contributed by atoms with van der Waals surface area (Å²) in [6.45, 7) is 3.42. The molecule has 1 fully saturated rings. The highest BCUT2D eigenvalue weighted by molar-refractivity contribution is 5.94. The summed E-state index contributed by atoms with van der Waals surface area (Å²) in [6, 6.07) is 5.07. The Morgan fingerprint density at radius 2 is 1.74 bits per heavy atom. The Kier molecular flexibility index (Phi) is 7.64. The summed E-state index contributed by atoms with van der Waals surface area (Å²) in [7, 11) is 3.08. The highest BCUT2D eigenvalue weighted by Gasteiger charge is 2.23. The van der Waals surface area contributed by atoms with Gasteiger partial charge in [-0.25, -0.2) is 0 Å². The lowest BCUT2D eigenvalue weighted by molar-refractivity contribution is -0.134. The number of hydrogen-bond acceptors (Lipinski definition) is 5. The molecule has 1 N–H and O–H groups in total. The molecule has 0 spiro atoms. The van der Waals surface area contributed by atoms with E-state index in [-0.39, 0.29) is 24.0 Å². The van der Waals surface area contributed by atoms with Crippen LogP contribution < -0.4 is 14.8 Å². The molecule has 1 aromatic rings. The number of carbonyl (C=O) groups is 3. The number of benzene rings is 1. The van der Waals surface area contributed by atoms with Crippen molar-refractivity contribution >= 4 is 17.6 Å². The first kappa shape index (κ1) is 20.7. The molecular weight excluding hydrogens is 348 g/mol. The van der Waals surface area contributed by atoms with Crippen LogP contribution in [0.15, 0.2) is 18.2 Å². The Labute approximate surface area is 160 Å². The van der Waals surface area contributed by atoms with Crippen LogP contribution in [0.25, 0.3) is 0 Å². The number of amides is 2. The van der Waals surface area contributed by atoms with Crippen LogP contribution in [-0.2, 0) is 9.59 Å². The number of ether oxygens (including phenoxy) is 2. The summed E-state index contributed by atoms with van der Waals surface area (Å²) in [5.41, 5.74) is 0.518. The van der Waals surface area contributed by atoms with Gasteiger partial charge in [-0.05, 0) is 43.9 Å². The smallest absolute Gasteiger partial charge is 0.251 e. The summed E-state index contributed by atoms with van der Waals surface area (Å²) in [4.78, 5) is 37.2. The van der Waals surface area contributed by atoms with Gasteiger partial charge in [0.2, 0.25) is 5.91 Å². The molecule has 0 bridgehead atoms. The van der Waals surface area contributed by atoms with E-state index >= 15 is 0 Å². The predicted molar refractivity (Wildman–Crippen MR) is 101 cm³/mol. The highest BCUT2D eigenvalue weighted by atomic mass is 16.5. The van der Waals surface area contributed by atoms with E-state index in [4.69, 9.17) is 9.47 Å². The maximum absolute atomic E-state index is 12.4. The molecule has 7 heteroatoms. The van der Waals surface area contributed by atoms with Crippen LogP contribution in [0.4, 0.5) is 0 Å². The van der Waals surface area contributed by atoms with Gasteiger partial charge < -0.3 is 24.5 Å². The molecule has 0 atom stereocenters.